The maximum absolute atomic E-state index is 13.3. The number of nitrogens with zero attached hydrogens (tertiary/aromatic N) is 1. The zero-order valence-corrected chi connectivity index (χ0v) is 15.9. The van der Waals surface area contributed by atoms with E-state index < -0.39 is 35.4 Å². The summed E-state index contributed by atoms with van der Waals surface area (Å²) in [5.41, 5.74) is 4.74. The first kappa shape index (κ1) is 21.5. The summed E-state index contributed by atoms with van der Waals surface area (Å²) in [6.45, 7) is 0.453. The molecule has 5 nitrogen and oxygen atoms in total. The lowest BCUT2D eigenvalue weighted by Crippen LogP contribution is -2.49. The average molecular weight is 415 g/mol. The lowest BCUT2D eigenvalue weighted by Gasteiger charge is -2.33. The van der Waals surface area contributed by atoms with Crippen LogP contribution in [0.3, 0.4) is 0 Å². The Labute approximate surface area is 166 Å². The molecule has 2 atom stereocenters. The minimum Gasteiger partial charge on any atom is -0.349 e. The minimum absolute atomic E-state index is 0.0799. The van der Waals surface area contributed by atoms with Crippen LogP contribution in [0.4, 0.5) is 17.6 Å². The highest BCUT2D eigenvalue weighted by atomic mass is 19.4. The van der Waals surface area contributed by atoms with Gasteiger partial charge in [-0.25, -0.2) is 4.39 Å². The number of benzene rings is 1. The Balaban J connectivity index is 1.54. The van der Waals surface area contributed by atoms with Crippen LogP contribution in [0.5, 0.6) is 0 Å². The van der Waals surface area contributed by atoms with Crippen molar-refractivity contribution in [2.75, 3.05) is 13.1 Å². The molecule has 0 aromatic heterocycles. The third-order valence-electron chi connectivity index (χ3n) is 5.82. The highest BCUT2D eigenvalue weighted by Gasteiger charge is 2.37. The third kappa shape index (κ3) is 5.07. The van der Waals surface area contributed by atoms with Gasteiger partial charge < -0.3 is 16.0 Å². The number of rotatable bonds is 4. The Morgan fingerprint density at radius 3 is 2.34 bits per heavy atom. The largest absolute Gasteiger partial charge is 0.417 e. The van der Waals surface area contributed by atoms with Gasteiger partial charge in [-0.15, -0.1) is 0 Å². The maximum atomic E-state index is 13.3. The second kappa shape index (κ2) is 8.69. The van der Waals surface area contributed by atoms with Crippen LogP contribution in [0.1, 0.15) is 48.0 Å². The van der Waals surface area contributed by atoms with E-state index in [-0.39, 0.29) is 24.4 Å². The molecule has 3 N–H and O–H groups in total. The van der Waals surface area contributed by atoms with E-state index in [0.717, 1.165) is 12.1 Å². The van der Waals surface area contributed by atoms with Crippen LogP contribution < -0.4 is 11.1 Å². The highest BCUT2D eigenvalue weighted by molar-refractivity contribution is 5.96. The number of likely N-dealkylation sites (tertiary alicyclic amines) is 1. The van der Waals surface area contributed by atoms with E-state index in [0.29, 0.717) is 38.6 Å². The molecule has 29 heavy (non-hydrogen) atoms. The molecule has 2 fully saturated rings. The van der Waals surface area contributed by atoms with Crippen LogP contribution in [-0.2, 0) is 11.0 Å². The molecule has 1 saturated heterocycles. The number of amides is 2. The van der Waals surface area contributed by atoms with Gasteiger partial charge in [-0.1, -0.05) is 12.1 Å². The fourth-order valence-corrected chi connectivity index (χ4v) is 4.14. The Morgan fingerprint density at radius 1 is 1.10 bits per heavy atom. The van der Waals surface area contributed by atoms with Crippen molar-refractivity contribution in [1.29, 1.82) is 0 Å². The molecule has 2 aliphatic rings. The summed E-state index contributed by atoms with van der Waals surface area (Å²) < 4.78 is 52.6. The van der Waals surface area contributed by atoms with Crippen LogP contribution in [0.25, 0.3) is 0 Å². The molecule has 3 rings (SSSR count). The number of nitrogens with two attached hydrogens (primary N) is 1. The number of carbonyl (C=O) groups is 2. The van der Waals surface area contributed by atoms with E-state index in [1.54, 1.807) is 0 Å². The zero-order valence-electron chi connectivity index (χ0n) is 15.9. The molecule has 1 aliphatic carbocycles. The van der Waals surface area contributed by atoms with E-state index in [1.807, 2.05) is 0 Å². The van der Waals surface area contributed by atoms with Crippen LogP contribution in [-0.4, -0.2) is 48.1 Å². The van der Waals surface area contributed by atoms with E-state index in [1.165, 1.54) is 17.0 Å². The Morgan fingerprint density at radius 2 is 1.76 bits per heavy atom. The van der Waals surface area contributed by atoms with Crippen LogP contribution in [0.15, 0.2) is 24.3 Å². The second-order valence-electron chi connectivity index (χ2n) is 7.82. The van der Waals surface area contributed by atoms with Crippen molar-refractivity contribution in [3.63, 3.8) is 0 Å². The SMILES string of the molecule is N[C@H](C(=O)N1CC[C@@H](F)C1)C1CCC(NC(=O)c2ccccc2C(F)(F)F)CC1. The lowest BCUT2D eigenvalue weighted by molar-refractivity contribution is -0.138. The number of hydrogen-bond acceptors (Lipinski definition) is 3. The van der Waals surface area contributed by atoms with Gasteiger partial charge in [0.05, 0.1) is 23.7 Å². The molecule has 1 aromatic rings. The van der Waals surface area contributed by atoms with Crippen molar-refractivity contribution in [3.8, 4) is 0 Å². The van der Waals surface area contributed by atoms with Gasteiger partial charge in [0.2, 0.25) is 5.91 Å². The topological polar surface area (TPSA) is 75.4 Å². The predicted octanol–water partition coefficient (Wildman–Crippen LogP) is 2.89. The average Bonchev–Trinajstić information content (AvgIpc) is 3.13. The molecule has 0 spiro atoms. The Hall–Kier alpha value is -2.16. The van der Waals surface area contributed by atoms with E-state index >= 15 is 0 Å². The molecule has 2 amide bonds. The summed E-state index contributed by atoms with van der Waals surface area (Å²) >= 11 is 0. The first-order chi connectivity index (χ1) is 13.7. The van der Waals surface area contributed by atoms with Gasteiger partial charge in [-0.3, -0.25) is 9.59 Å². The lowest BCUT2D eigenvalue weighted by atomic mass is 9.81. The Kier molecular flexibility index (Phi) is 6.45. The predicted molar refractivity (Wildman–Crippen MR) is 98.7 cm³/mol. The van der Waals surface area contributed by atoms with Crippen LogP contribution in [0, 0.1) is 5.92 Å². The summed E-state index contributed by atoms with van der Waals surface area (Å²) in [5, 5.41) is 2.67. The van der Waals surface area contributed by atoms with Gasteiger partial charge in [0.1, 0.15) is 6.17 Å². The number of hydrogen-bond donors (Lipinski definition) is 2. The summed E-state index contributed by atoms with van der Waals surface area (Å²) in [6, 6.07) is 3.69. The van der Waals surface area contributed by atoms with Gasteiger partial charge in [0.15, 0.2) is 0 Å². The van der Waals surface area contributed by atoms with Crippen molar-refractivity contribution in [2.45, 2.75) is 56.5 Å². The van der Waals surface area contributed by atoms with Crippen molar-refractivity contribution < 1.29 is 27.2 Å². The Bertz CT molecular complexity index is 747. The van der Waals surface area contributed by atoms with Gasteiger partial charge in [-0.05, 0) is 50.2 Å². The number of carbonyl (C=O) groups excluding carboxylic acids is 2. The normalized spacial score (nSPS) is 26.2. The van der Waals surface area contributed by atoms with Crippen LogP contribution >= 0.6 is 0 Å². The van der Waals surface area contributed by atoms with Crippen LogP contribution in [0.2, 0.25) is 0 Å². The fourth-order valence-electron chi connectivity index (χ4n) is 4.14. The van der Waals surface area contributed by atoms with Crippen molar-refractivity contribution in [3.05, 3.63) is 35.4 Å². The molecule has 1 aliphatic heterocycles. The smallest absolute Gasteiger partial charge is 0.349 e. The van der Waals surface area contributed by atoms with Crippen molar-refractivity contribution >= 4 is 11.8 Å². The standard InChI is InChI=1S/C20H25F4N3O2/c21-13-9-10-27(11-13)19(29)17(25)12-5-7-14(8-6-12)26-18(28)15-3-1-2-4-16(15)20(22,23)24/h1-4,12-14,17H,5-11,25H2,(H,26,28)/t12?,13-,14?,17+/m1/s1. The van der Waals surface area contributed by atoms with Crippen molar-refractivity contribution in [1.82, 2.24) is 10.2 Å². The minimum atomic E-state index is -4.60. The van der Waals surface area contributed by atoms with Gasteiger partial charge in [0.25, 0.3) is 5.91 Å². The molecule has 0 radical (unpaired) electrons. The molecular formula is C20H25F4N3O2. The zero-order chi connectivity index (χ0) is 21.2. The quantitative estimate of drug-likeness (QED) is 0.743. The molecule has 0 unspecified atom stereocenters. The number of alkyl halides is 4. The molecule has 9 heteroatoms. The van der Waals surface area contributed by atoms with Gasteiger partial charge in [-0.2, -0.15) is 13.2 Å². The molecule has 1 aromatic carbocycles. The van der Waals surface area contributed by atoms with E-state index in [9.17, 15) is 27.2 Å². The maximum Gasteiger partial charge on any atom is 0.417 e. The molecule has 1 saturated carbocycles. The molecule has 0 bridgehead atoms. The van der Waals surface area contributed by atoms with Crippen molar-refractivity contribution in [2.24, 2.45) is 11.7 Å². The first-order valence-corrected chi connectivity index (χ1v) is 9.82. The van der Waals surface area contributed by atoms with Gasteiger partial charge in [0, 0.05) is 12.6 Å². The van der Waals surface area contributed by atoms with Gasteiger partial charge >= 0.3 is 6.18 Å². The highest BCUT2D eigenvalue weighted by Crippen LogP contribution is 2.32. The molecule has 160 valence electrons. The molecular weight excluding hydrogens is 390 g/mol. The summed E-state index contributed by atoms with van der Waals surface area (Å²) in [4.78, 5) is 26.3. The number of halogens is 4. The third-order valence-corrected chi connectivity index (χ3v) is 5.82. The molecule has 1 heterocycles. The first-order valence-electron chi connectivity index (χ1n) is 9.82. The van der Waals surface area contributed by atoms with E-state index in [4.69, 9.17) is 5.73 Å². The second-order valence-corrected chi connectivity index (χ2v) is 7.82. The summed E-state index contributed by atoms with van der Waals surface area (Å²) in [7, 11) is 0. The number of nitrogens with one attached hydrogen (secondary N) is 1. The summed E-state index contributed by atoms with van der Waals surface area (Å²) in [6.07, 6.45) is -3.08. The summed E-state index contributed by atoms with van der Waals surface area (Å²) in [5.74, 6) is -1.10. The van der Waals surface area contributed by atoms with E-state index in [2.05, 4.69) is 5.32 Å². The fraction of sp³-hybridized carbons (Fsp3) is 0.600. The monoisotopic (exact) mass is 415 g/mol.